The van der Waals surface area contributed by atoms with Crippen molar-refractivity contribution in [3.05, 3.63) is 98.5 Å². The normalized spacial score (nSPS) is 17.9. The molecule has 1 saturated heterocycles. The van der Waals surface area contributed by atoms with Crippen LogP contribution in [0.3, 0.4) is 0 Å². The van der Waals surface area contributed by atoms with Crippen LogP contribution in [0, 0.1) is 0 Å². The van der Waals surface area contributed by atoms with E-state index in [0.717, 1.165) is 10.0 Å². The molecule has 0 aliphatic carbocycles. The van der Waals surface area contributed by atoms with Gasteiger partial charge in [-0.1, -0.05) is 74.9 Å². The van der Waals surface area contributed by atoms with E-state index in [9.17, 15) is 14.7 Å². The summed E-state index contributed by atoms with van der Waals surface area (Å²) in [5.41, 5.74) is 1.96. The molecule has 202 valence electrons. The van der Waals surface area contributed by atoms with Crippen molar-refractivity contribution in [2.45, 2.75) is 16.1 Å². The van der Waals surface area contributed by atoms with Gasteiger partial charge >= 0.3 is 5.91 Å². The maximum atomic E-state index is 13.5. The Bertz CT molecular complexity index is 1660. The Morgan fingerprint density at radius 1 is 1.05 bits per heavy atom. The number of aliphatic hydroxyl groups is 1. The minimum Gasteiger partial charge on any atom is -0.507 e. The van der Waals surface area contributed by atoms with Crippen LogP contribution in [0.25, 0.3) is 5.76 Å². The van der Waals surface area contributed by atoms with E-state index in [1.165, 1.54) is 28.0 Å². The summed E-state index contributed by atoms with van der Waals surface area (Å²) in [7, 11) is 0. The SMILES string of the molecule is O=C1C(=O)N(c2nnc(SCc3ccc(Cl)cc3)s2)C(c2cccc(Br)c2)/C1=C(\O)c1ccc2c(c1)OCCO2. The summed E-state index contributed by atoms with van der Waals surface area (Å²) in [6.07, 6.45) is 0. The highest BCUT2D eigenvalue weighted by Gasteiger charge is 2.48. The first-order valence-electron chi connectivity index (χ1n) is 12.1. The highest BCUT2D eigenvalue weighted by Crippen LogP contribution is 2.45. The topological polar surface area (TPSA) is 102 Å². The maximum Gasteiger partial charge on any atom is 0.301 e. The van der Waals surface area contributed by atoms with E-state index >= 15 is 0 Å². The number of aliphatic hydroxyl groups excluding tert-OH is 1. The van der Waals surface area contributed by atoms with Gasteiger partial charge in [0.25, 0.3) is 5.78 Å². The molecule has 0 spiro atoms. The van der Waals surface area contributed by atoms with E-state index in [1.807, 2.05) is 30.3 Å². The second kappa shape index (κ2) is 11.2. The van der Waals surface area contributed by atoms with Crippen LogP contribution in [0.5, 0.6) is 11.5 Å². The highest BCUT2D eigenvalue weighted by atomic mass is 79.9. The molecule has 12 heteroatoms. The molecule has 40 heavy (non-hydrogen) atoms. The van der Waals surface area contributed by atoms with Gasteiger partial charge in [-0.2, -0.15) is 0 Å². The molecule has 0 radical (unpaired) electrons. The van der Waals surface area contributed by atoms with Gasteiger partial charge in [-0.05, 0) is 53.6 Å². The molecule has 1 fully saturated rings. The molecule has 4 aromatic rings. The summed E-state index contributed by atoms with van der Waals surface area (Å²) in [5, 5.41) is 20.9. The van der Waals surface area contributed by atoms with Crippen LogP contribution in [0.2, 0.25) is 5.02 Å². The number of rotatable bonds is 6. The first-order chi connectivity index (χ1) is 19.4. The Morgan fingerprint density at radius 3 is 2.60 bits per heavy atom. The third-order valence-electron chi connectivity index (χ3n) is 6.30. The zero-order chi connectivity index (χ0) is 27.8. The summed E-state index contributed by atoms with van der Waals surface area (Å²) >= 11 is 12.1. The number of fused-ring (bicyclic) bond motifs is 1. The predicted octanol–water partition coefficient (Wildman–Crippen LogP) is 6.64. The molecule has 6 rings (SSSR count). The summed E-state index contributed by atoms with van der Waals surface area (Å²) in [6, 6.07) is 18.7. The molecule has 3 aromatic carbocycles. The third-order valence-corrected chi connectivity index (χ3v) is 9.17. The number of hydrogen-bond acceptors (Lipinski definition) is 9. The maximum absolute atomic E-state index is 13.5. The zero-order valence-corrected chi connectivity index (χ0v) is 24.5. The standard InChI is InChI=1S/C28H19BrClN3O5S2/c29-18-3-1-2-16(12-18)23-22(24(34)17-6-9-20-21(13-17)38-11-10-37-20)25(35)26(36)33(23)27-31-32-28(40-27)39-14-15-4-7-19(30)8-5-15/h1-9,12-13,23,34H,10-11,14H2/b24-22+. The molecule has 0 bridgehead atoms. The lowest BCUT2D eigenvalue weighted by molar-refractivity contribution is -0.132. The number of halogens is 2. The number of anilines is 1. The highest BCUT2D eigenvalue weighted by molar-refractivity contribution is 9.10. The zero-order valence-electron chi connectivity index (χ0n) is 20.5. The minimum atomic E-state index is -0.923. The van der Waals surface area contributed by atoms with Gasteiger partial charge in [-0.25, -0.2) is 0 Å². The second-order valence-corrected chi connectivity index (χ2v) is 12.4. The number of Topliss-reactive ketones (excluding diaryl/α,β-unsaturated/α-hetero) is 1. The fraction of sp³-hybridized carbons (Fsp3) is 0.143. The van der Waals surface area contributed by atoms with Crippen LogP contribution < -0.4 is 14.4 Å². The van der Waals surface area contributed by atoms with E-state index in [-0.39, 0.29) is 16.5 Å². The second-order valence-electron chi connectivity index (χ2n) is 8.85. The van der Waals surface area contributed by atoms with E-state index in [2.05, 4.69) is 26.1 Å². The van der Waals surface area contributed by atoms with Crippen LogP contribution in [-0.2, 0) is 15.3 Å². The molecular formula is C28H19BrClN3O5S2. The molecule has 1 unspecified atom stereocenters. The first-order valence-corrected chi connectivity index (χ1v) is 15.0. The van der Waals surface area contributed by atoms with Crippen molar-refractivity contribution in [3.63, 3.8) is 0 Å². The number of amides is 1. The van der Waals surface area contributed by atoms with Gasteiger partial charge in [-0.15, -0.1) is 10.2 Å². The Labute approximate surface area is 250 Å². The van der Waals surface area contributed by atoms with Crippen LogP contribution in [0.4, 0.5) is 5.13 Å². The van der Waals surface area contributed by atoms with Crippen LogP contribution >= 0.6 is 50.6 Å². The number of hydrogen-bond donors (Lipinski definition) is 1. The summed E-state index contributed by atoms with van der Waals surface area (Å²) in [5.74, 6) is -0.301. The molecule has 2 aliphatic rings. The van der Waals surface area contributed by atoms with Gasteiger partial charge in [0.05, 0.1) is 11.6 Å². The van der Waals surface area contributed by atoms with Crippen molar-refractivity contribution >= 4 is 73.2 Å². The number of carbonyl (C=O) groups excluding carboxylic acids is 2. The lowest BCUT2D eigenvalue weighted by atomic mass is 9.95. The number of thioether (sulfide) groups is 1. The molecule has 1 atom stereocenters. The van der Waals surface area contributed by atoms with Gasteiger partial charge in [0.2, 0.25) is 5.13 Å². The summed E-state index contributed by atoms with van der Waals surface area (Å²) in [4.78, 5) is 28.2. The predicted molar refractivity (Wildman–Crippen MR) is 157 cm³/mol. The Morgan fingerprint density at radius 2 is 1.82 bits per heavy atom. The lowest BCUT2D eigenvalue weighted by Gasteiger charge is -2.23. The number of ether oxygens (including phenoxy) is 2. The van der Waals surface area contributed by atoms with Gasteiger partial charge < -0.3 is 14.6 Å². The van der Waals surface area contributed by atoms with Crippen molar-refractivity contribution in [1.82, 2.24) is 10.2 Å². The van der Waals surface area contributed by atoms with Crippen molar-refractivity contribution < 1.29 is 24.2 Å². The molecular weight excluding hydrogens is 638 g/mol. The minimum absolute atomic E-state index is 0.0506. The molecule has 1 aromatic heterocycles. The number of ketones is 1. The van der Waals surface area contributed by atoms with Gasteiger partial charge in [0.15, 0.2) is 15.8 Å². The number of aromatic nitrogens is 2. The number of benzene rings is 3. The molecule has 1 amide bonds. The Hall–Kier alpha value is -3.38. The third kappa shape index (κ3) is 5.22. The fourth-order valence-corrected chi connectivity index (χ4v) is 6.82. The Balaban J connectivity index is 1.38. The quantitative estimate of drug-likeness (QED) is 0.0810. The fourth-order valence-electron chi connectivity index (χ4n) is 4.45. The molecule has 8 nitrogen and oxygen atoms in total. The molecule has 0 saturated carbocycles. The van der Waals surface area contributed by atoms with Crippen molar-refractivity contribution in [2.24, 2.45) is 0 Å². The van der Waals surface area contributed by atoms with E-state index in [4.69, 9.17) is 21.1 Å². The van der Waals surface area contributed by atoms with Crippen LogP contribution in [0.15, 0.2) is 81.1 Å². The van der Waals surface area contributed by atoms with Gasteiger partial charge in [0.1, 0.15) is 19.0 Å². The smallest absolute Gasteiger partial charge is 0.301 e. The average molecular weight is 657 g/mol. The van der Waals surface area contributed by atoms with Gasteiger partial charge in [-0.3, -0.25) is 14.5 Å². The van der Waals surface area contributed by atoms with Gasteiger partial charge in [0, 0.05) is 20.8 Å². The largest absolute Gasteiger partial charge is 0.507 e. The Kier molecular flexibility index (Phi) is 7.54. The van der Waals surface area contributed by atoms with E-state index in [0.29, 0.717) is 51.0 Å². The molecule has 1 N–H and O–H groups in total. The van der Waals surface area contributed by atoms with Crippen molar-refractivity contribution in [2.75, 3.05) is 18.1 Å². The van der Waals surface area contributed by atoms with E-state index < -0.39 is 17.7 Å². The summed E-state index contributed by atoms with van der Waals surface area (Å²) < 4.78 is 12.6. The molecule has 3 heterocycles. The monoisotopic (exact) mass is 655 g/mol. The van der Waals surface area contributed by atoms with Crippen molar-refractivity contribution in [3.8, 4) is 11.5 Å². The average Bonchev–Trinajstić information content (AvgIpc) is 3.54. The first kappa shape index (κ1) is 26.8. The summed E-state index contributed by atoms with van der Waals surface area (Å²) in [6.45, 7) is 0.795. The van der Waals surface area contributed by atoms with Crippen molar-refractivity contribution in [1.29, 1.82) is 0 Å². The van der Waals surface area contributed by atoms with Crippen LogP contribution in [0.1, 0.15) is 22.7 Å². The van der Waals surface area contributed by atoms with Crippen LogP contribution in [-0.4, -0.2) is 40.2 Å². The number of carbonyl (C=O) groups is 2. The lowest BCUT2D eigenvalue weighted by Crippen LogP contribution is -2.29. The molecule has 2 aliphatic heterocycles. The van der Waals surface area contributed by atoms with E-state index in [1.54, 1.807) is 36.4 Å². The number of nitrogens with zero attached hydrogens (tertiary/aromatic N) is 3.